The number of aromatic nitrogens is 1. The van der Waals surface area contributed by atoms with Crippen LogP contribution in [0, 0.1) is 6.92 Å². The van der Waals surface area contributed by atoms with Crippen molar-refractivity contribution in [1.29, 1.82) is 0 Å². The molecule has 0 spiro atoms. The van der Waals surface area contributed by atoms with Gasteiger partial charge in [-0.05, 0) is 25.1 Å². The van der Waals surface area contributed by atoms with Gasteiger partial charge in [-0.3, -0.25) is 9.59 Å². The minimum Gasteiger partial charge on any atom is -0.489 e. The van der Waals surface area contributed by atoms with Gasteiger partial charge in [0.05, 0.1) is 11.1 Å². The maximum absolute atomic E-state index is 12.2. The smallest absolute Gasteiger partial charge is 0.260 e. The van der Waals surface area contributed by atoms with E-state index in [4.69, 9.17) is 27.9 Å². The third kappa shape index (κ3) is 2.58. The van der Waals surface area contributed by atoms with Crippen LogP contribution in [0.25, 0.3) is 0 Å². The van der Waals surface area contributed by atoms with Crippen molar-refractivity contribution in [1.82, 2.24) is 10.3 Å². The van der Waals surface area contributed by atoms with Crippen LogP contribution in [0.2, 0.25) is 10.0 Å². The number of ether oxygens (including phenoxy) is 1. The molecular formula is C15H12Cl2N2O3. The van der Waals surface area contributed by atoms with Gasteiger partial charge in [-0.2, -0.15) is 0 Å². The number of benzene rings is 1. The summed E-state index contributed by atoms with van der Waals surface area (Å²) in [4.78, 5) is 26.7. The van der Waals surface area contributed by atoms with Gasteiger partial charge in [0.2, 0.25) is 0 Å². The highest BCUT2D eigenvalue weighted by atomic mass is 35.5. The maximum Gasteiger partial charge on any atom is 0.260 e. The number of hydrogen-bond donors (Lipinski definition) is 2. The SMILES string of the molecule is Cc1ccc(C(=O)NC2COc3c2ccc(Cl)c3Cl)c(=O)[nH]1. The lowest BCUT2D eigenvalue weighted by atomic mass is 10.1. The Balaban J connectivity index is 1.86. The Bertz CT molecular complexity index is 817. The Kier molecular flexibility index (Phi) is 3.85. The minimum atomic E-state index is -0.464. The molecule has 7 heteroatoms. The Labute approximate surface area is 136 Å². The number of carbonyl (C=O) groups is 1. The van der Waals surface area contributed by atoms with Crippen LogP contribution in [0.15, 0.2) is 29.1 Å². The lowest BCUT2D eigenvalue weighted by Crippen LogP contribution is -2.33. The number of rotatable bonds is 2. The zero-order valence-electron chi connectivity index (χ0n) is 11.6. The number of fused-ring (bicyclic) bond motifs is 1. The average Bonchev–Trinajstić information content (AvgIpc) is 2.86. The van der Waals surface area contributed by atoms with E-state index < -0.39 is 11.5 Å². The topological polar surface area (TPSA) is 71.2 Å². The van der Waals surface area contributed by atoms with E-state index in [1.165, 1.54) is 6.07 Å². The highest BCUT2D eigenvalue weighted by Crippen LogP contribution is 2.42. The van der Waals surface area contributed by atoms with E-state index in [-0.39, 0.29) is 18.2 Å². The number of carbonyl (C=O) groups excluding carboxylic acids is 1. The standard InChI is InChI=1S/C15H12Cl2N2O3/c1-7-2-3-9(14(20)18-7)15(21)19-11-6-22-13-8(11)4-5-10(16)12(13)17/h2-5,11H,6H2,1H3,(H,18,20)(H,19,21). The predicted octanol–water partition coefficient (Wildman–Crippen LogP) is 2.85. The Morgan fingerprint density at radius 1 is 1.32 bits per heavy atom. The molecule has 1 aromatic heterocycles. The first-order chi connectivity index (χ1) is 10.5. The van der Waals surface area contributed by atoms with Crippen LogP contribution in [0.5, 0.6) is 5.75 Å². The van der Waals surface area contributed by atoms with Gasteiger partial charge in [-0.1, -0.05) is 29.3 Å². The number of hydrogen-bond acceptors (Lipinski definition) is 3. The number of aromatic amines is 1. The summed E-state index contributed by atoms with van der Waals surface area (Å²) in [7, 11) is 0. The predicted molar refractivity (Wildman–Crippen MR) is 84.0 cm³/mol. The van der Waals surface area contributed by atoms with Crippen LogP contribution in [0.3, 0.4) is 0 Å². The van der Waals surface area contributed by atoms with Crippen molar-refractivity contribution in [3.05, 3.63) is 61.5 Å². The molecule has 22 heavy (non-hydrogen) atoms. The molecule has 0 aliphatic carbocycles. The third-order valence-electron chi connectivity index (χ3n) is 3.46. The van der Waals surface area contributed by atoms with Crippen LogP contribution in [0.4, 0.5) is 0 Å². The number of aryl methyl sites for hydroxylation is 1. The molecular weight excluding hydrogens is 327 g/mol. The largest absolute Gasteiger partial charge is 0.489 e. The van der Waals surface area contributed by atoms with Crippen molar-refractivity contribution in [2.24, 2.45) is 0 Å². The zero-order chi connectivity index (χ0) is 15.9. The molecule has 3 rings (SSSR count). The first-order valence-electron chi connectivity index (χ1n) is 6.59. The third-order valence-corrected chi connectivity index (χ3v) is 4.24. The monoisotopic (exact) mass is 338 g/mol. The fraction of sp³-hybridized carbons (Fsp3) is 0.200. The molecule has 1 aliphatic heterocycles. The van der Waals surface area contributed by atoms with Gasteiger partial charge < -0.3 is 15.0 Å². The molecule has 2 aromatic rings. The van der Waals surface area contributed by atoms with E-state index in [0.717, 1.165) is 5.56 Å². The second kappa shape index (κ2) is 5.66. The first-order valence-corrected chi connectivity index (χ1v) is 7.34. The summed E-state index contributed by atoms with van der Waals surface area (Å²) in [5.74, 6) is 0.00561. The Morgan fingerprint density at radius 3 is 2.82 bits per heavy atom. The van der Waals surface area contributed by atoms with Crippen molar-refractivity contribution in [2.45, 2.75) is 13.0 Å². The quantitative estimate of drug-likeness (QED) is 0.884. The van der Waals surface area contributed by atoms with Crippen molar-refractivity contribution in [2.75, 3.05) is 6.61 Å². The van der Waals surface area contributed by atoms with E-state index in [2.05, 4.69) is 10.3 Å². The van der Waals surface area contributed by atoms with Crippen LogP contribution >= 0.6 is 23.2 Å². The molecule has 2 N–H and O–H groups in total. The number of nitrogens with one attached hydrogen (secondary N) is 2. The normalized spacial score (nSPS) is 16.0. The summed E-state index contributed by atoms with van der Waals surface area (Å²) in [6, 6.07) is 6.19. The van der Waals surface area contributed by atoms with Crippen LogP contribution < -0.4 is 15.6 Å². The van der Waals surface area contributed by atoms with E-state index in [0.29, 0.717) is 21.5 Å². The summed E-state index contributed by atoms with van der Waals surface area (Å²) >= 11 is 12.0. The Hall–Kier alpha value is -1.98. The second-order valence-corrected chi connectivity index (χ2v) is 5.79. The first kappa shape index (κ1) is 14.9. The number of amides is 1. The van der Waals surface area contributed by atoms with Crippen LogP contribution in [0.1, 0.15) is 27.7 Å². The molecule has 1 unspecified atom stereocenters. The fourth-order valence-corrected chi connectivity index (χ4v) is 2.71. The maximum atomic E-state index is 12.2. The van der Waals surface area contributed by atoms with Gasteiger partial charge >= 0.3 is 0 Å². The highest BCUT2D eigenvalue weighted by molar-refractivity contribution is 6.43. The lowest BCUT2D eigenvalue weighted by Gasteiger charge is -2.11. The molecule has 0 bridgehead atoms. The molecule has 1 atom stereocenters. The summed E-state index contributed by atoms with van der Waals surface area (Å²) < 4.78 is 5.49. The molecule has 114 valence electrons. The van der Waals surface area contributed by atoms with Gasteiger partial charge in [0.15, 0.2) is 0 Å². The van der Waals surface area contributed by atoms with Crippen molar-refractivity contribution in [3.8, 4) is 5.75 Å². The molecule has 1 aromatic carbocycles. The average molecular weight is 339 g/mol. The molecule has 1 aliphatic rings. The van der Waals surface area contributed by atoms with Gasteiger partial charge in [0.1, 0.15) is 22.9 Å². The Morgan fingerprint density at radius 2 is 2.09 bits per heavy atom. The van der Waals surface area contributed by atoms with E-state index >= 15 is 0 Å². The van der Waals surface area contributed by atoms with Crippen molar-refractivity contribution >= 4 is 29.1 Å². The number of pyridine rings is 1. The summed E-state index contributed by atoms with van der Waals surface area (Å²) in [5.41, 5.74) is 1.06. The van der Waals surface area contributed by atoms with Crippen molar-refractivity contribution < 1.29 is 9.53 Å². The van der Waals surface area contributed by atoms with Gasteiger partial charge in [-0.25, -0.2) is 0 Å². The number of H-pyrrole nitrogens is 1. The molecule has 5 nitrogen and oxygen atoms in total. The van der Waals surface area contributed by atoms with E-state index in [9.17, 15) is 9.59 Å². The molecule has 0 radical (unpaired) electrons. The molecule has 0 saturated heterocycles. The second-order valence-electron chi connectivity index (χ2n) is 5.00. The molecule has 1 amide bonds. The molecule has 2 heterocycles. The minimum absolute atomic E-state index is 0.0547. The summed E-state index contributed by atoms with van der Waals surface area (Å²) in [6.07, 6.45) is 0. The summed E-state index contributed by atoms with van der Waals surface area (Å²) in [5, 5.41) is 3.49. The highest BCUT2D eigenvalue weighted by Gasteiger charge is 2.29. The van der Waals surface area contributed by atoms with Gasteiger partial charge in [0.25, 0.3) is 11.5 Å². The lowest BCUT2D eigenvalue weighted by molar-refractivity contribution is 0.0929. The number of halogens is 2. The van der Waals surface area contributed by atoms with Gasteiger partial charge in [-0.15, -0.1) is 0 Å². The van der Waals surface area contributed by atoms with Crippen LogP contribution in [-0.2, 0) is 0 Å². The van der Waals surface area contributed by atoms with E-state index in [1.54, 1.807) is 25.1 Å². The van der Waals surface area contributed by atoms with Crippen molar-refractivity contribution in [3.63, 3.8) is 0 Å². The van der Waals surface area contributed by atoms with Gasteiger partial charge in [0, 0.05) is 11.3 Å². The van der Waals surface area contributed by atoms with E-state index in [1.807, 2.05) is 0 Å². The zero-order valence-corrected chi connectivity index (χ0v) is 13.1. The summed E-state index contributed by atoms with van der Waals surface area (Å²) in [6.45, 7) is 1.99. The molecule has 0 fully saturated rings. The molecule has 0 saturated carbocycles. The fourth-order valence-electron chi connectivity index (χ4n) is 2.33. The van der Waals surface area contributed by atoms with Crippen LogP contribution in [-0.4, -0.2) is 17.5 Å².